The number of nitrogens with one attached hydrogen (secondary N) is 1. The van der Waals surface area contributed by atoms with Gasteiger partial charge in [-0.2, -0.15) is 0 Å². The second kappa shape index (κ2) is 9.23. The van der Waals surface area contributed by atoms with E-state index in [1.807, 2.05) is 12.1 Å². The molecule has 1 heterocycles. The van der Waals surface area contributed by atoms with Gasteiger partial charge in [-0.15, -0.1) is 0 Å². The molecule has 8 heteroatoms. The molecule has 0 amide bonds. The number of nitrogens with zero attached hydrogens (tertiary/aromatic N) is 2. The number of hydrogen-bond acceptors (Lipinski definition) is 5. The molecule has 0 bridgehead atoms. The van der Waals surface area contributed by atoms with Gasteiger partial charge in [0, 0.05) is 24.1 Å². The summed E-state index contributed by atoms with van der Waals surface area (Å²) in [6.45, 7) is 0.410. The summed E-state index contributed by atoms with van der Waals surface area (Å²) < 4.78 is 39.8. The normalized spacial score (nSPS) is 20.9. The molecule has 3 rings (SSSR count). The molecule has 146 valence electrons. The van der Waals surface area contributed by atoms with Gasteiger partial charge in [0.2, 0.25) is 0 Å². The van der Waals surface area contributed by atoms with Gasteiger partial charge in [-0.05, 0) is 18.9 Å². The average molecular weight is 393 g/mol. The van der Waals surface area contributed by atoms with E-state index in [1.54, 1.807) is 20.3 Å². The van der Waals surface area contributed by atoms with Crippen LogP contribution in [-0.2, 0) is 17.5 Å². The van der Waals surface area contributed by atoms with Crippen molar-refractivity contribution in [3.63, 3.8) is 0 Å². The van der Waals surface area contributed by atoms with Gasteiger partial charge in [-0.1, -0.05) is 18.9 Å². The zero-order valence-corrected chi connectivity index (χ0v) is 16.3. The highest BCUT2D eigenvalue weighted by Crippen LogP contribution is 2.34. The summed E-state index contributed by atoms with van der Waals surface area (Å²) >= 11 is 0. The maximum absolute atomic E-state index is 13.1. The molecule has 0 radical (unpaired) electrons. The van der Waals surface area contributed by atoms with Crippen molar-refractivity contribution in [1.82, 2.24) is 14.7 Å². The number of benzene rings is 1. The third-order valence-electron chi connectivity index (χ3n) is 4.85. The maximum Gasteiger partial charge on any atom is 0.159 e. The molecular formula is C19H24FN3O3S. The van der Waals surface area contributed by atoms with Crippen molar-refractivity contribution in [2.24, 2.45) is 0 Å². The van der Waals surface area contributed by atoms with Crippen molar-refractivity contribution in [3.8, 4) is 11.5 Å². The first-order valence-electron chi connectivity index (χ1n) is 8.94. The molecule has 1 aromatic carbocycles. The van der Waals surface area contributed by atoms with Gasteiger partial charge in [0.25, 0.3) is 0 Å². The lowest BCUT2D eigenvalue weighted by atomic mass is 9.88. The minimum Gasteiger partial charge on any atom is -0.497 e. The molecule has 3 unspecified atom stereocenters. The molecule has 6 nitrogen and oxygen atoms in total. The zero-order chi connectivity index (χ0) is 19.2. The summed E-state index contributed by atoms with van der Waals surface area (Å²) in [5, 5.41) is -0.103. The molecule has 0 saturated heterocycles. The Hall–Kier alpha value is -2.06. The van der Waals surface area contributed by atoms with E-state index >= 15 is 0 Å². The lowest BCUT2D eigenvalue weighted by molar-refractivity contribution is 0.390. The van der Waals surface area contributed by atoms with Crippen molar-refractivity contribution >= 4 is 11.0 Å². The minimum atomic E-state index is -1.27. The van der Waals surface area contributed by atoms with E-state index in [9.17, 15) is 8.60 Å². The second-order valence-corrected chi connectivity index (χ2v) is 7.97. The van der Waals surface area contributed by atoms with Gasteiger partial charge >= 0.3 is 0 Å². The average Bonchev–Trinajstić information content (AvgIpc) is 2.72. The SMILES string of the molecule is COc1ccc(CNS(=O)C2CCCCC2c2ncc(F)cn2)c(OC)c1. The van der Waals surface area contributed by atoms with E-state index in [4.69, 9.17) is 9.47 Å². The number of ether oxygens (including phenoxy) is 2. The fraction of sp³-hybridized carbons (Fsp3) is 0.474. The summed E-state index contributed by atoms with van der Waals surface area (Å²) in [6, 6.07) is 5.54. The fourth-order valence-corrected chi connectivity index (χ4v) is 4.86. The summed E-state index contributed by atoms with van der Waals surface area (Å²) in [6.07, 6.45) is 6.08. The Morgan fingerprint density at radius 2 is 1.93 bits per heavy atom. The third kappa shape index (κ3) is 4.81. The highest BCUT2D eigenvalue weighted by atomic mass is 32.2. The molecule has 1 aliphatic carbocycles. The summed E-state index contributed by atoms with van der Waals surface area (Å²) in [4.78, 5) is 8.23. The van der Waals surface area contributed by atoms with Gasteiger partial charge in [0.15, 0.2) is 5.82 Å². The molecular weight excluding hydrogens is 369 g/mol. The van der Waals surface area contributed by atoms with E-state index in [1.165, 1.54) is 12.4 Å². The van der Waals surface area contributed by atoms with Crippen LogP contribution in [0.25, 0.3) is 0 Å². The highest BCUT2D eigenvalue weighted by Gasteiger charge is 2.33. The molecule has 1 aromatic heterocycles. The first-order chi connectivity index (χ1) is 13.1. The van der Waals surface area contributed by atoms with Gasteiger partial charge in [0.05, 0.1) is 42.8 Å². The van der Waals surface area contributed by atoms with Crippen LogP contribution >= 0.6 is 0 Å². The molecule has 1 N–H and O–H groups in total. The summed E-state index contributed by atoms with van der Waals surface area (Å²) in [5.74, 6) is 1.46. The topological polar surface area (TPSA) is 73.3 Å². The van der Waals surface area contributed by atoms with Crippen molar-refractivity contribution < 1.29 is 18.1 Å². The van der Waals surface area contributed by atoms with Crippen molar-refractivity contribution in [2.45, 2.75) is 43.4 Å². The quantitative estimate of drug-likeness (QED) is 0.782. The molecule has 1 aliphatic rings. The van der Waals surface area contributed by atoms with Gasteiger partial charge in [0.1, 0.15) is 17.3 Å². The number of aromatic nitrogens is 2. The Bertz CT molecular complexity index is 788. The molecule has 2 aromatic rings. The summed E-state index contributed by atoms with van der Waals surface area (Å²) in [5.41, 5.74) is 0.900. The Labute approximate surface area is 161 Å². The lowest BCUT2D eigenvalue weighted by Gasteiger charge is -2.29. The van der Waals surface area contributed by atoms with Crippen LogP contribution in [-0.4, -0.2) is 33.6 Å². The highest BCUT2D eigenvalue weighted by molar-refractivity contribution is 7.83. The standard InChI is InChI=1S/C19H24FN3O3S/c1-25-15-8-7-13(17(9-15)26-2)10-23-27(24)18-6-4-3-5-16(18)19-21-11-14(20)12-22-19/h7-9,11-12,16,18,23H,3-6,10H2,1-2H3. The van der Waals surface area contributed by atoms with Crippen LogP contribution in [0, 0.1) is 5.82 Å². The minimum absolute atomic E-state index is 0.0366. The molecule has 0 spiro atoms. The Morgan fingerprint density at radius 1 is 1.19 bits per heavy atom. The molecule has 1 saturated carbocycles. The number of rotatable bonds is 7. The maximum atomic E-state index is 13.1. The largest absolute Gasteiger partial charge is 0.497 e. The van der Waals surface area contributed by atoms with Crippen LogP contribution < -0.4 is 14.2 Å². The smallest absolute Gasteiger partial charge is 0.159 e. The molecule has 0 aliphatic heterocycles. The molecule has 3 atom stereocenters. The van der Waals surface area contributed by atoms with Crippen LogP contribution in [0.1, 0.15) is 43.0 Å². The van der Waals surface area contributed by atoms with Crippen molar-refractivity contribution in [2.75, 3.05) is 14.2 Å². The number of halogens is 1. The predicted molar refractivity (Wildman–Crippen MR) is 102 cm³/mol. The van der Waals surface area contributed by atoms with Gasteiger partial charge in [-0.25, -0.2) is 23.3 Å². The number of methoxy groups -OCH3 is 2. The van der Waals surface area contributed by atoms with Crippen LogP contribution in [0.5, 0.6) is 11.5 Å². The second-order valence-electron chi connectivity index (χ2n) is 6.49. The van der Waals surface area contributed by atoms with E-state index in [2.05, 4.69) is 14.7 Å². The van der Waals surface area contributed by atoms with Crippen LogP contribution in [0.4, 0.5) is 4.39 Å². The van der Waals surface area contributed by atoms with Crippen molar-refractivity contribution in [3.05, 3.63) is 47.8 Å². The third-order valence-corrected chi connectivity index (χ3v) is 6.39. The fourth-order valence-electron chi connectivity index (χ4n) is 3.42. The first kappa shape index (κ1) is 19.7. The van der Waals surface area contributed by atoms with E-state index in [0.717, 1.165) is 31.2 Å². The van der Waals surface area contributed by atoms with Gasteiger partial charge < -0.3 is 9.47 Å². The van der Waals surface area contributed by atoms with E-state index in [0.29, 0.717) is 23.9 Å². The Morgan fingerprint density at radius 3 is 2.63 bits per heavy atom. The summed E-state index contributed by atoms with van der Waals surface area (Å²) in [7, 11) is 1.92. The molecule has 27 heavy (non-hydrogen) atoms. The van der Waals surface area contributed by atoms with Crippen molar-refractivity contribution in [1.29, 1.82) is 0 Å². The Balaban J connectivity index is 1.69. The van der Waals surface area contributed by atoms with E-state index < -0.39 is 16.8 Å². The first-order valence-corrected chi connectivity index (χ1v) is 10.2. The Kier molecular flexibility index (Phi) is 6.73. The molecule has 1 fully saturated rings. The zero-order valence-electron chi connectivity index (χ0n) is 15.5. The monoisotopic (exact) mass is 393 g/mol. The van der Waals surface area contributed by atoms with Gasteiger partial charge in [-0.3, -0.25) is 0 Å². The van der Waals surface area contributed by atoms with Crippen LogP contribution in [0.3, 0.4) is 0 Å². The van der Waals surface area contributed by atoms with Crippen LogP contribution in [0.2, 0.25) is 0 Å². The lowest BCUT2D eigenvalue weighted by Crippen LogP contribution is -2.35. The predicted octanol–water partition coefficient (Wildman–Crippen LogP) is 3.11. The number of hydrogen-bond donors (Lipinski definition) is 1. The van der Waals surface area contributed by atoms with E-state index in [-0.39, 0.29) is 11.2 Å². The van der Waals surface area contributed by atoms with Crippen LogP contribution in [0.15, 0.2) is 30.6 Å².